The molecule has 1 fully saturated rings. The topological polar surface area (TPSA) is 55.8 Å². The zero-order chi connectivity index (χ0) is 17.2. The van der Waals surface area contributed by atoms with Crippen LogP contribution in [0.25, 0.3) is 0 Å². The van der Waals surface area contributed by atoms with Crippen LogP contribution in [-0.4, -0.2) is 37.2 Å². The number of benzene rings is 1. The van der Waals surface area contributed by atoms with Gasteiger partial charge in [0.15, 0.2) is 0 Å². The maximum Gasteiger partial charge on any atom is 0.330 e. The molecule has 2 rings (SSSR count). The van der Waals surface area contributed by atoms with E-state index >= 15 is 0 Å². The molecule has 0 N–H and O–H groups in total. The molecule has 122 valence electrons. The maximum atomic E-state index is 12.4. The molecule has 1 heterocycles. The fourth-order valence-electron chi connectivity index (χ4n) is 2.75. The van der Waals surface area contributed by atoms with Crippen molar-refractivity contribution in [3.05, 3.63) is 41.4 Å². The first-order valence-electron chi connectivity index (χ1n) is 6.81. The summed E-state index contributed by atoms with van der Waals surface area (Å²) in [6.45, 7) is 3.80. The van der Waals surface area contributed by atoms with Gasteiger partial charge in [-0.25, -0.2) is 0 Å². The molecule has 1 unspecified atom stereocenters. The Bertz CT molecular complexity index is 660. The minimum atomic E-state index is -1.65. The minimum Gasteiger partial charge on any atom is -0.468 e. The number of carbonyl (C=O) groups is 2. The zero-order valence-electron chi connectivity index (χ0n) is 12.7. The van der Waals surface area contributed by atoms with Crippen LogP contribution in [0.3, 0.4) is 0 Å². The molecule has 0 aliphatic carbocycles. The van der Waals surface area contributed by atoms with Gasteiger partial charge in [0.05, 0.1) is 25.9 Å². The van der Waals surface area contributed by atoms with Gasteiger partial charge in [0, 0.05) is 10.9 Å². The van der Waals surface area contributed by atoms with Crippen molar-refractivity contribution in [2.75, 3.05) is 19.1 Å². The van der Waals surface area contributed by atoms with Gasteiger partial charge in [0.2, 0.25) is 5.41 Å². The van der Waals surface area contributed by atoms with Gasteiger partial charge in [-0.15, -0.1) is 6.58 Å². The first-order chi connectivity index (χ1) is 10.9. The Balaban J connectivity index is 2.61. The van der Waals surface area contributed by atoms with E-state index in [1.54, 1.807) is 11.0 Å². The Hall–Kier alpha value is -1.73. The van der Waals surface area contributed by atoms with E-state index in [0.717, 1.165) is 10.2 Å². The lowest BCUT2D eigenvalue weighted by atomic mass is 9.85. The van der Waals surface area contributed by atoms with Crippen LogP contribution in [0.15, 0.2) is 41.4 Å². The molecule has 1 aromatic rings. The van der Waals surface area contributed by atoms with Gasteiger partial charge in [0.1, 0.15) is 4.99 Å². The van der Waals surface area contributed by atoms with Gasteiger partial charge < -0.3 is 14.4 Å². The Labute approximate surface area is 148 Å². The fraction of sp³-hybridized carbons (Fsp3) is 0.312. The van der Waals surface area contributed by atoms with Crippen LogP contribution in [-0.2, 0) is 19.1 Å². The van der Waals surface area contributed by atoms with E-state index in [9.17, 15) is 9.59 Å². The number of halogens is 1. The summed E-state index contributed by atoms with van der Waals surface area (Å²) in [5.74, 6) is -1.45. The predicted molar refractivity (Wildman–Crippen MR) is 94.3 cm³/mol. The van der Waals surface area contributed by atoms with Crippen molar-refractivity contribution in [1.29, 1.82) is 0 Å². The van der Waals surface area contributed by atoms with Crippen LogP contribution in [0.5, 0.6) is 0 Å². The number of methoxy groups -OCH3 is 2. The van der Waals surface area contributed by atoms with Crippen LogP contribution in [0.1, 0.15) is 6.42 Å². The molecule has 0 radical (unpaired) electrons. The molecule has 5 nitrogen and oxygen atoms in total. The maximum absolute atomic E-state index is 12.4. The molecule has 1 aliphatic heterocycles. The second-order valence-electron chi connectivity index (χ2n) is 5.02. The number of hydrogen-bond donors (Lipinski definition) is 0. The average Bonchev–Trinajstić information content (AvgIpc) is 2.87. The van der Waals surface area contributed by atoms with E-state index in [0.29, 0.717) is 0 Å². The third-order valence-electron chi connectivity index (χ3n) is 3.88. The third-order valence-corrected chi connectivity index (χ3v) is 5.10. The lowest BCUT2D eigenvalue weighted by Crippen LogP contribution is -2.47. The number of carbonyl (C=O) groups excluding carboxylic acids is 2. The highest BCUT2D eigenvalue weighted by Gasteiger charge is 2.61. The highest BCUT2D eigenvalue weighted by atomic mass is 79.9. The summed E-state index contributed by atoms with van der Waals surface area (Å²) >= 11 is 8.97. The zero-order valence-corrected chi connectivity index (χ0v) is 15.1. The summed E-state index contributed by atoms with van der Waals surface area (Å²) in [6, 6.07) is 7.08. The summed E-state index contributed by atoms with van der Waals surface area (Å²) in [5.41, 5.74) is -0.899. The summed E-state index contributed by atoms with van der Waals surface area (Å²) in [7, 11) is 2.44. The van der Waals surface area contributed by atoms with Crippen molar-refractivity contribution in [3.8, 4) is 0 Å². The lowest BCUT2D eigenvalue weighted by molar-refractivity contribution is -0.163. The fourth-order valence-corrected chi connectivity index (χ4v) is 3.71. The monoisotopic (exact) mass is 397 g/mol. The number of hydrogen-bond acceptors (Lipinski definition) is 5. The van der Waals surface area contributed by atoms with Gasteiger partial charge >= 0.3 is 11.9 Å². The van der Waals surface area contributed by atoms with Gasteiger partial charge in [-0.2, -0.15) is 0 Å². The molecule has 0 aromatic heterocycles. The predicted octanol–water partition coefficient (Wildman–Crippen LogP) is 2.87. The van der Waals surface area contributed by atoms with E-state index in [4.69, 9.17) is 21.7 Å². The van der Waals surface area contributed by atoms with Gasteiger partial charge in [-0.3, -0.25) is 9.59 Å². The number of ether oxygens (including phenoxy) is 2. The molecule has 0 bridgehead atoms. The molecule has 0 spiro atoms. The Morgan fingerprint density at radius 2 is 1.91 bits per heavy atom. The smallest absolute Gasteiger partial charge is 0.330 e. The minimum absolute atomic E-state index is 0.121. The Morgan fingerprint density at radius 3 is 2.39 bits per heavy atom. The Morgan fingerprint density at radius 1 is 1.35 bits per heavy atom. The quantitative estimate of drug-likeness (QED) is 0.337. The van der Waals surface area contributed by atoms with E-state index in [1.807, 2.05) is 24.3 Å². The van der Waals surface area contributed by atoms with Crippen molar-refractivity contribution in [3.63, 3.8) is 0 Å². The highest BCUT2D eigenvalue weighted by molar-refractivity contribution is 9.10. The summed E-state index contributed by atoms with van der Waals surface area (Å²) in [6.07, 6.45) is 1.77. The van der Waals surface area contributed by atoms with Crippen molar-refractivity contribution in [1.82, 2.24) is 0 Å². The standard InChI is InChI=1S/C16H16BrNO4S/c1-4-10-9-16(14(19)21-2,15(20)22-3)13(23)18(10)12-8-6-5-7-11(12)17/h4-8,10H,1,9H2,2-3H3. The average molecular weight is 398 g/mol. The van der Waals surface area contributed by atoms with Crippen molar-refractivity contribution in [2.24, 2.45) is 5.41 Å². The van der Waals surface area contributed by atoms with Gasteiger partial charge in [-0.1, -0.05) is 30.4 Å². The second kappa shape index (κ2) is 6.80. The molecular weight excluding hydrogens is 382 g/mol. The van der Waals surface area contributed by atoms with Crippen molar-refractivity contribution >= 4 is 50.8 Å². The lowest BCUT2D eigenvalue weighted by Gasteiger charge is -2.27. The molecule has 1 aromatic carbocycles. The number of anilines is 1. The molecule has 1 atom stereocenters. The Kier molecular flexibility index (Phi) is 5.21. The largest absolute Gasteiger partial charge is 0.468 e. The van der Waals surface area contributed by atoms with Crippen molar-refractivity contribution in [2.45, 2.75) is 12.5 Å². The molecular formula is C16H16BrNO4S. The van der Waals surface area contributed by atoms with E-state index < -0.39 is 17.4 Å². The molecule has 1 aliphatic rings. The van der Waals surface area contributed by atoms with Crippen molar-refractivity contribution < 1.29 is 19.1 Å². The summed E-state index contributed by atoms with van der Waals surface area (Å²) < 4.78 is 10.5. The molecule has 7 heteroatoms. The van der Waals surface area contributed by atoms with Crippen LogP contribution in [0.2, 0.25) is 0 Å². The summed E-state index contributed by atoms with van der Waals surface area (Å²) in [5, 5.41) is 0. The first-order valence-corrected chi connectivity index (χ1v) is 8.01. The number of para-hydroxylation sites is 1. The number of rotatable bonds is 4. The van der Waals surface area contributed by atoms with E-state index in [-0.39, 0.29) is 17.5 Å². The van der Waals surface area contributed by atoms with Gasteiger partial charge in [-0.05, 0) is 28.1 Å². The van der Waals surface area contributed by atoms with Crippen LogP contribution in [0, 0.1) is 5.41 Å². The molecule has 0 amide bonds. The molecule has 1 saturated heterocycles. The van der Waals surface area contributed by atoms with Gasteiger partial charge in [0.25, 0.3) is 0 Å². The van der Waals surface area contributed by atoms with Crippen LogP contribution < -0.4 is 4.90 Å². The molecule has 23 heavy (non-hydrogen) atoms. The van der Waals surface area contributed by atoms with E-state index in [1.165, 1.54) is 14.2 Å². The van der Waals surface area contributed by atoms with Crippen LogP contribution in [0.4, 0.5) is 5.69 Å². The van der Waals surface area contributed by atoms with E-state index in [2.05, 4.69) is 22.5 Å². The SMILES string of the molecule is C=CC1CC(C(=O)OC)(C(=O)OC)C(=S)N1c1ccccc1Br. The second-order valence-corrected chi connectivity index (χ2v) is 6.26. The number of thiocarbonyl (C=S) groups is 1. The normalized spacial score (nSPS) is 19.3. The molecule has 0 saturated carbocycles. The summed E-state index contributed by atoms with van der Waals surface area (Å²) in [4.78, 5) is 26.7. The third kappa shape index (κ3) is 2.68. The number of esters is 2. The van der Waals surface area contributed by atoms with Crippen LogP contribution >= 0.6 is 28.1 Å². The highest BCUT2D eigenvalue weighted by Crippen LogP contribution is 2.44. The first kappa shape index (κ1) is 17.6. The number of nitrogens with zero attached hydrogens (tertiary/aromatic N) is 1.